The fourth-order valence-electron chi connectivity index (χ4n) is 1.85. The molecule has 1 aliphatic rings. The van der Waals surface area contributed by atoms with Gasteiger partial charge in [-0.05, 0) is 12.1 Å². The highest BCUT2D eigenvalue weighted by atomic mass is 16.5. The van der Waals surface area contributed by atoms with Gasteiger partial charge in [0.1, 0.15) is 5.75 Å². The molecule has 1 saturated heterocycles. The van der Waals surface area contributed by atoms with E-state index < -0.39 is 0 Å². The molecule has 0 bridgehead atoms. The van der Waals surface area contributed by atoms with Gasteiger partial charge in [0.2, 0.25) is 0 Å². The Morgan fingerprint density at radius 3 is 2.67 bits per heavy atom. The lowest BCUT2D eigenvalue weighted by Gasteiger charge is -2.30. The molecule has 1 aromatic rings. The summed E-state index contributed by atoms with van der Waals surface area (Å²) in [5.74, 6) is 0.811. The molecule has 2 rings (SSSR count). The molecule has 0 unspecified atom stereocenters. The summed E-state index contributed by atoms with van der Waals surface area (Å²) in [7, 11) is 1.65. The van der Waals surface area contributed by atoms with Crippen molar-refractivity contribution in [2.45, 2.75) is 0 Å². The number of nitrogen functional groups attached to an aromatic ring is 1. The van der Waals surface area contributed by atoms with Crippen molar-refractivity contribution in [3.8, 4) is 5.75 Å². The summed E-state index contributed by atoms with van der Waals surface area (Å²) in [5.41, 5.74) is 7.88. The first-order chi connectivity index (χ1) is 7.31. The van der Waals surface area contributed by atoms with Crippen LogP contribution < -0.4 is 20.7 Å². The lowest BCUT2D eigenvalue weighted by atomic mass is 10.2. The molecular formula is C11H17N3O. The molecule has 4 nitrogen and oxygen atoms in total. The van der Waals surface area contributed by atoms with Crippen LogP contribution in [0.15, 0.2) is 18.2 Å². The highest BCUT2D eigenvalue weighted by Crippen LogP contribution is 2.27. The van der Waals surface area contributed by atoms with Crippen molar-refractivity contribution in [3.05, 3.63) is 18.2 Å². The lowest BCUT2D eigenvalue weighted by Crippen LogP contribution is -2.43. The molecule has 1 aliphatic heterocycles. The number of anilines is 2. The normalized spacial score (nSPS) is 16.5. The van der Waals surface area contributed by atoms with E-state index in [1.807, 2.05) is 18.2 Å². The number of piperazine rings is 1. The van der Waals surface area contributed by atoms with E-state index in [0.717, 1.165) is 43.3 Å². The van der Waals surface area contributed by atoms with Crippen molar-refractivity contribution in [1.82, 2.24) is 5.32 Å². The van der Waals surface area contributed by atoms with Crippen molar-refractivity contribution < 1.29 is 4.74 Å². The average molecular weight is 207 g/mol. The molecule has 1 fully saturated rings. The highest BCUT2D eigenvalue weighted by molar-refractivity contribution is 5.69. The van der Waals surface area contributed by atoms with Gasteiger partial charge >= 0.3 is 0 Å². The first kappa shape index (κ1) is 10.1. The molecule has 82 valence electrons. The number of nitrogens with two attached hydrogens (primary N) is 1. The number of methoxy groups -OCH3 is 1. The Bertz CT molecular complexity index is 335. The van der Waals surface area contributed by atoms with Crippen LogP contribution in [-0.2, 0) is 0 Å². The maximum Gasteiger partial charge on any atom is 0.121 e. The van der Waals surface area contributed by atoms with E-state index in [1.165, 1.54) is 0 Å². The first-order valence-electron chi connectivity index (χ1n) is 5.20. The number of rotatable bonds is 2. The molecule has 4 heteroatoms. The van der Waals surface area contributed by atoms with Gasteiger partial charge in [0.25, 0.3) is 0 Å². The van der Waals surface area contributed by atoms with Crippen LogP contribution in [0.2, 0.25) is 0 Å². The lowest BCUT2D eigenvalue weighted by molar-refractivity contribution is 0.415. The first-order valence-corrected chi connectivity index (χ1v) is 5.20. The zero-order chi connectivity index (χ0) is 10.7. The summed E-state index contributed by atoms with van der Waals surface area (Å²) in [6, 6.07) is 5.85. The number of nitrogens with one attached hydrogen (secondary N) is 1. The van der Waals surface area contributed by atoms with Gasteiger partial charge in [-0.1, -0.05) is 0 Å². The SMILES string of the molecule is COc1ccc(N2CCNCC2)c(N)c1. The number of ether oxygens (including phenoxy) is 1. The molecule has 0 spiro atoms. The quantitative estimate of drug-likeness (QED) is 0.700. The molecule has 0 saturated carbocycles. The minimum atomic E-state index is 0.788. The molecule has 1 aromatic carbocycles. The third-order valence-electron chi connectivity index (χ3n) is 2.69. The summed E-state index contributed by atoms with van der Waals surface area (Å²) in [6.45, 7) is 4.06. The van der Waals surface area contributed by atoms with E-state index >= 15 is 0 Å². The second-order valence-electron chi connectivity index (χ2n) is 3.66. The van der Waals surface area contributed by atoms with Gasteiger partial charge in [0, 0.05) is 32.2 Å². The minimum Gasteiger partial charge on any atom is -0.497 e. The van der Waals surface area contributed by atoms with Crippen LogP contribution >= 0.6 is 0 Å². The average Bonchev–Trinajstić information content (AvgIpc) is 2.30. The summed E-state index contributed by atoms with van der Waals surface area (Å²) in [6.07, 6.45) is 0. The van der Waals surface area contributed by atoms with Crippen LogP contribution in [0, 0.1) is 0 Å². The molecule has 1 heterocycles. The Kier molecular flexibility index (Phi) is 2.97. The van der Waals surface area contributed by atoms with Crippen molar-refractivity contribution in [2.24, 2.45) is 0 Å². The van der Waals surface area contributed by atoms with E-state index in [9.17, 15) is 0 Å². The monoisotopic (exact) mass is 207 g/mol. The van der Waals surface area contributed by atoms with Crippen LogP contribution in [0.25, 0.3) is 0 Å². The summed E-state index contributed by atoms with van der Waals surface area (Å²) in [5, 5.41) is 3.32. The van der Waals surface area contributed by atoms with Crippen molar-refractivity contribution in [1.29, 1.82) is 0 Å². The zero-order valence-electron chi connectivity index (χ0n) is 8.99. The van der Waals surface area contributed by atoms with Gasteiger partial charge in [-0.3, -0.25) is 0 Å². The highest BCUT2D eigenvalue weighted by Gasteiger charge is 2.12. The molecule has 15 heavy (non-hydrogen) atoms. The zero-order valence-corrected chi connectivity index (χ0v) is 8.99. The van der Waals surface area contributed by atoms with E-state index in [0.29, 0.717) is 0 Å². The Hall–Kier alpha value is -1.42. The largest absolute Gasteiger partial charge is 0.497 e. The summed E-state index contributed by atoms with van der Waals surface area (Å²) < 4.78 is 5.13. The Labute approximate surface area is 90.0 Å². The summed E-state index contributed by atoms with van der Waals surface area (Å²) in [4.78, 5) is 2.30. The Morgan fingerprint density at radius 2 is 2.07 bits per heavy atom. The molecule has 0 radical (unpaired) electrons. The second kappa shape index (κ2) is 4.40. The van der Waals surface area contributed by atoms with Crippen molar-refractivity contribution >= 4 is 11.4 Å². The maximum absolute atomic E-state index is 5.99. The predicted molar refractivity (Wildman–Crippen MR) is 62.5 cm³/mol. The Morgan fingerprint density at radius 1 is 1.33 bits per heavy atom. The van der Waals surface area contributed by atoms with Crippen LogP contribution in [0.5, 0.6) is 5.75 Å². The van der Waals surface area contributed by atoms with Crippen LogP contribution in [0.3, 0.4) is 0 Å². The summed E-state index contributed by atoms with van der Waals surface area (Å²) >= 11 is 0. The predicted octanol–water partition coefficient (Wildman–Crippen LogP) is 0.687. The van der Waals surface area contributed by atoms with Gasteiger partial charge < -0.3 is 20.7 Å². The number of nitrogens with zero attached hydrogens (tertiary/aromatic N) is 1. The minimum absolute atomic E-state index is 0.788. The van der Waals surface area contributed by atoms with E-state index in [1.54, 1.807) is 7.11 Å². The van der Waals surface area contributed by atoms with Crippen LogP contribution in [0.1, 0.15) is 0 Å². The van der Waals surface area contributed by atoms with Gasteiger partial charge in [-0.25, -0.2) is 0 Å². The third kappa shape index (κ3) is 2.15. The van der Waals surface area contributed by atoms with E-state index in [2.05, 4.69) is 10.2 Å². The molecule has 3 N–H and O–H groups in total. The van der Waals surface area contributed by atoms with Gasteiger partial charge in [0.05, 0.1) is 18.5 Å². The van der Waals surface area contributed by atoms with Gasteiger partial charge in [0.15, 0.2) is 0 Å². The van der Waals surface area contributed by atoms with E-state index in [4.69, 9.17) is 10.5 Å². The Balaban J connectivity index is 2.19. The maximum atomic E-state index is 5.99. The topological polar surface area (TPSA) is 50.5 Å². The molecule has 0 aliphatic carbocycles. The number of hydrogen-bond acceptors (Lipinski definition) is 4. The van der Waals surface area contributed by atoms with Crippen molar-refractivity contribution in [3.63, 3.8) is 0 Å². The third-order valence-corrected chi connectivity index (χ3v) is 2.69. The number of benzene rings is 1. The van der Waals surface area contributed by atoms with Gasteiger partial charge in [-0.15, -0.1) is 0 Å². The molecular weight excluding hydrogens is 190 g/mol. The second-order valence-corrected chi connectivity index (χ2v) is 3.66. The number of hydrogen-bond donors (Lipinski definition) is 2. The molecule has 0 atom stereocenters. The fourth-order valence-corrected chi connectivity index (χ4v) is 1.85. The smallest absolute Gasteiger partial charge is 0.121 e. The molecule has 0 amide bonds. The van der Waals surface area contributed by atoms with Crippen LogP contribution in [-0.4, -0.2) is 33.3 Å². The fraction of sp³-hybridized carbons (Fsp3) is 0.455. The molecule has 0 aromatic heterocycles. The van der Waals surface area contributed by atoms with Crippen molar-refractivity contribution in [2.75, 3.05) is 43.9 Å². The van der Waals surface area contributed by atoms with E-state index in [-0.39, 0.29) is 0 Å². The standard InChI is InChI=1S/C11H17N3O/c1-15-9-2-3-11(10(12)8-9)14-6-4-13-5-7-14/h2-3,8,13H,4-7,12H2,1H3. The van der Waals surface area contributed by atoms with Gasteiger partial charge in [-0.2, -0.15) is 0 Å². The van der Waals surface area contributed by atoms with Crippen LogP contribution in [0.4, 0.5) is 11.4 Å².